The van der Waals surface area contributed by atoms with E-state index in [1.54, 1.807) is 0 Å². The first-order chi connectivity index (χ1) is 16.4. The third kappa shape index (κ3) is 5.40. The van der Waals surface area contributed by atoms with Crippen molar-refractivity contribution in [3.05, 3.63) is 57.0 Å². The van der Waals surface area contributed by atoms with Gasteiger partial charge >= 0.3 is 11.9 Å². The number of amides is 1. The minimum Gasteiger partial charge on any atom is -0.464 e. The highest BCUT2D eigenvalue weighted by Crippen LogP contribution is 2.29. The van der Waals surface area contributed by atoms with Crippen molar-refractivity contribution < 1.29 is 36.6 Å². The fourth-order valence-corrected chi connectivity index (χ4v) is 2.96. The Morgan fingerprint density at radius 3 is 2.57 bits per heavy atom. The average Bonchev–Trinajstić information content (AvgIpc) is 3.11. The van der Waals surface area contributed by atoms with E-state index in [-0.39, 0.29) is 23.2 Å². The number of halogens is 6. The lowest BCUT2D eigenvalue weighted by Crippen LogP contribution is -2.33. The summed E-state index contributed by atoms with van der Waals surface area (Å²) in [4.78, 5) is 32.4. The number of alkyl halides is 3. The monoisotopic (exact) mass is 522 g/mol. The summed E-state index contributed by atoms with van der Waals surface area (Å²) >= 11 is 5.78. The van der Waals surface area contributed by atoms with Gasteiger partial charge in [-0.2, -0.15) is 22.8 Å². The van der Waals surface area contributed by atoms with E-state index in [9.17, 15) is 36.6 Å². The first-order valence-electron chi connectivity index (χ1n) is 9.73. The van der Waals surface area contributed by atoms with Crippen molar-refractivity contribution in [2.24, 2.45) is 0 Å². The van der Waals surface area contributed by atoms with Crippen molar-refractivity contribution in [1.82, 2.24) is 24.3 Å². The molecule has 0 aliphatic heterocycles. The largest absolute Gasteiger partial charge is 0.464 e. The molecular weight excluding hydrogens is 507 g/mol. The fraction of sp³-hybridized carbons (Fsp3) is 0.316. The molecule has 35 heavy (non-hydrogen) atoms. The highest BCUT2D eigenvalue weighted by Gasteiger charge is 2.39. The zero-order chi connectivity index (χ0) is 26.1. The van der Waals surface area contributed by atoms with Crippen LogP contribution in [0.25, 0.3) is 5.82 Å². The maximum Gasteiger partial charge on any atom is 0.425 e. The maximum absolute atomic E-state index is 15.0. The molecule has 0 fully saturated rings. The van der Waals surface area contributed by atoms with Gasteiger partial charge in [-0.15, -0.1) is 5.10 Å². The summed E-state index contributed by atoms with van der Waals surface area (Å²) in [7, 11) is 0. The molecule has 0 unspecified atom stereocenters. The number of hydrogen-bond donors (Lipinski definition) is 2. The lowest BCUT2D eigenvalue weighted by Gasteiger charge is -2.19. The van der Waals surface area contributed by atoms with Crippen LogP contribution in [-0.4, -0.2) is 47.6 Å². The van der Waals surface area contributed by atoms with Crippen LogP contribution in [0.3, 0.4) is 0 Å². The Balaban J connectivity index is 2.14. The molecule has 16 heteroatoms. The van der Waals surface area contributed by atoms with Gasteiger partial charge in [0.1, 0.15) is 18.0 Å². The molecule has 3 heterocycles. The molecular formula is C19H16ClF5N6O4. The van der Waals surface area contributed by atoms with Crippen molar-refractivity contribution in [1.29, 1.82) is 0 Å². The summed E-state index contributed by atoms with van der Waals surface area (Å²) in [5.74, 6) is -5.55. The summed E-state index contributed by atoms with van der Waals surface area (Å²) in [5, 5.41) is 14.8. The summed E-state index contributed by atoms with van der Waals surface area (Å²) in [6.07, 6.45) is -6.65. The minimum absolute atomic E-state index is 0.0354. The molecule has 10 nitrogen and oxygen atoms in total. The van der Waals surface area contributed by atoms with E-state index in [0.29, 0.717) is 17.7 Å². The topological polar surface area (TPSA) is 124 Å². The van der Waals surface area contributed by atoms with Gasteiger partial charge in [-0.3, -0.25) is 9.36 Å². The van der Waals surface area contributed by atoms with Crippen LogP contribution in [0, 0.1) is 11.6 Å². The van der Waals surface area contributed by atoms with Gasteiger partial charge in [0.05, 0.1) is 11.9 Å². The highest BCUT2D eigenvalue weighted by atomic mass is 35.5. The molecule has 0 spiro atoms. The third-order valence-electron chi connectivity index (χ3n) is 4.57. The Kier molecular flexibility index (Phi) is 7.40. The van der Waals surface area contributed by atoms with Crippen LogP contribution in [0.15, 0.2) is 23.1 Å². The lowest BCUT2D eigenvalue weighted by atomic mass is 10.2. The normalized spacial score (nSPS) is 12.5. The number of carbonyl (C=O) groups is 1. The molecule has 0 aliphatic rings. The Bertz CT molecular complexity index is 1330. The molecule has 0 radical (unpaired) electrons. The van der Waals surface area contributed by atoms with Gasteiger partial charge in [0.15, 0.2) is 28.7 Å². The number of hydrogen-bond acceptors (Lipinski definition) is 7. The molecule has 1 amide bonds. The van der Waals surface area contributed by atoms with Gasteiger partial charge in [0.2, 0.25) is 5.88 Å². The van der Waals surface area contributed by atoms with Crippen LogP contribution in [0.2, 0.25) is 5.15 Å². The van der Waals surface area contributed by atoms with E-state index < -0.39 is 59.4 Å². The van der Waals surface area contributed by atoms with Gasteiger partial charge in [-0.25, -0.2) is 18.6 Å². The first-order valence-corrected chi connectivity index (χ1v) is 10.1. The van der Waals surface area contributed by atoms with Crippen LogP contribution >= 0.6 is 11.6 Å². The van der Waals surface area contributed by atoms with Gasteiger partial charge < -0.3 is 15.2 Å². The Labute approximate surface area is 197 Å². The number of ether oxygens (including phenoxy) is 1. The fourth-order valence-electron chi connectivity index (χ4n) is 2.81. The lowest BCUT2D eigenvalue weighted by molar-refractivity contribution is -0.190. The molecule has 1 atom stereocenters. The Morgan fingerprint density at radius 1 is 1.31 bits per heavy atom. The van der Waals surface area contributed by atoms with Crippen molar-refractivity contribution in [3.63, 3.8) is 0 Å². The number of carbonyl (C=O) groups excluding carboxylic acids is 1. The maximum atomic E-state index is 15.0. The summed E-state index contributed by atoms with van der Waals surface area (Å²) in [6.45, 7) is 1.49. The number of aliphatic hydroxyl groups is 1. The smallest absolute Gasteiger partial charge is 0.425 e. The molecule has 188 valence electrons. The number of nitrogens with zero attached hydrogens (tertiary/aromatic N) is 5. The Hall–Kier alpha value is -3.59. The predicted molar refractivity (Wildman–Crippen MR) is 110 cm³/mol. The zero-order valence-electron chi connectivity index (χ0n) is 17.9. The van der Waals surface area contributed by atoms with Crippen molar-refractivity contribution in [2.45, 2.75) is 39.3 Å². The van der Waals surface area contributed by atoms with Crippen LogP contribution in [0.5, 0.6) is 5.88 Å². The van der Waals surface area contributed by atoms with E-state index in [0.717, 1.165) is 16.8 Å². The summed E-state index contributed by atoms with van der Waals surface area (Å²) in [6, 6.07) is 1.24. The molecule has 2 N–H and O–H groups in total. The van der Waals surface area contributed by atoms with Crippen molar-refractivity contribution in [2.75, 3.05) is 5.32 Å². The van der Waals surface area contributed by atoms with Gasteiger partial charge in [-0.05, 0) is 19.9 Å². The number of rotatable bonds is 7. The van der Waals surface area contributed by atoms with Crippen LogP contribution < -0.4 is 15.7 Å². The van der Waals surface area contributed by atoms with E-state index in [4.69, 9.17) is 16.3 Å². The minimum atomic E-state index is -4.90. The third-order valence-corrected chi connectivity index (χ3v) is 4.87. The number of pyridine rings is 2. The van der Waals surface area contributed by atoms with Crippen molar-refractivity contribution >= 4 is 23.2 Å². The molecule has 0 aliphatic carbocycles. The molecule has 3 rings (SSSR count). The van der Waals surface area contributed by atoms with Crippen molar-refractivity contribution in [3.8, 4) is 11.7 Å². The highest BCUT2D eigenvalue weighted by molar-refractivity contribution is 6.32. The molecule has 3 aromatic heterocycles. The second kappa shape index (κ2) is 9.95. The molecule has 0 saturated heterocycles. The second-order valence-electron chi connectivity index (χ2n) is 6.91. The molecule has 0 saturated carbocycles. The SMILES string of the molecule is CCn1c(CO)nn(-c2nc(O[C@@H](C)C(F)(F)F)c(C(=O)Nc3cc(F)cnc3Cl)cc2F)c1=O. The quantitative estimate of drug-likeness (QED) is 0.361. The number of aliphatic hydroxyl groups excluding tert-OH is 1. The van der Waals surface area contributed by atoms with E-state index in [1.165, 1.54) is 6.92 Å². The number of nitrogens with one attached hydrogen (secondary N) is 1. The van der Waals surface area contributed by atoms with E-state index in [2.05, 4.69) is 20.4 Å². The first kappa shape index (κ1) is 26.0. The standard InChI is InChI=1S/C19H16ClF5N6O4/c1-3-30-13(7-32)29-31(18(30)34)15-11(22)5-10(17(28-15)35-8(2)19(23,24)25)16(33)27-12-4-9(21)6-26-14(12)20/h4-6,8,32H,3,7H2,1-2H3,(H,27,33)/t8-/m0/s1. The number of anilines is 1. The summed E-state index contributed by atoms with van der Waals surface area (Å²) in [5.41, 5.74) is -2.14. The summed E-state index contributed by atoms with van der Waals surface area (Å²) < 4.78 is 74.0. The van der Waals surface area contributed by atoms with Gasteiger partial charge in [0.25, 0.3) is 5.91 Å². The molecule has 0 bridgehead atoms. The van der Waals surface area contributed by atoms with Crippen LogP contribution in [-0.2, 0) is 13.2 Å². The average molecular weight is 523 g/mol. The Morgan fingerprint density at radius 2 is 2.00 bits per heavy atom. The second-order valence-corrected chi connectivity index (χ2v) is 7.27. The van der Waals surface area contributed by atoms with Gasteiger partial charge in [0, 0.05) is 12.6 Å². The molecule has 0 aromatic carbocycles. The van der Waals surface area contributed by atoms with E-state index >= 15 is 0 Å². The molecule has 3 aromatic rings. The van der Waals surface area contributed by atoms with Crippen LogP contribution in [0.4, 0.5) is 27.6 Å². The van der Waals surface area contributed by atoms with E-state index in [1.807, 2.05) is 0 Å². The van der Waals surface area contributed by atoms with Gasteiger partial charge in [-0.1, -0.05) is 11.6 Å². The predicted octanol–water partition coefficient (Wildman–Crippen LogP) is 2.85. The van der Waals surface area contributed by atoms with Crippen LogP contribution in [0.1, 0.15) is 30.0 Å². The number of aromatic nitrogens is 5. The zero-order valence-corrected chi connectivity index (χ0v) is 18.7.